The molecule has 3 N–H and O–H groups in total. The number of para-hydroxylation sites is 1. The molecular formula is C25H22N4O6. The molecule has 0 saturated heterocycles. The highest BCUT2D eigenvalue weighted by atomic mass is 16.7. The molecule has 0 aliphatic carbocycles. The van der Waals surface area contributed by atoms with E-state index in [1.165, 1.54) is 0 Å². The van der Waals surface area contributed by atoms with E-state index >= 15 is 0 Å². The molecule has 35 heavy (non-hydrogen) atoms. The summed E-state index contributed by atoms with van der Waals surface area (Å²) in [6.45, 7) is 1.70. The van der Waals surface area contributed by atoms with Gasteiger partial charge >= 0.3 is 11.9 Å². The highest BCUT2D eigenvalue weighted by Crippen LogP contribution is 2.32. The summed E-state index contributed by atoms with van der Waals surface area (Å²) in [6, 6.07) is 20.1. The Hall–Kier alpha value is -4.70. The normalized spacial score (nSPS) is 11.4. The average Bonchev–Trinajstić information content (AvgIpc) is 3.52. The summed E-state index contributed by atoms with van der Waals surface area (Å²) in [4.78, 5) is 22.4. The summed E-state index contributed by atoms with van der Waals surface area (Å²) in [7, 11) is 0. The van der Waals surface area contributed by atoms with Gasteiger partial charge in [-0.2, -0.15) is 5.10 Å². The molecule has 1 aliphatic heterocycles. The number of aliphatic carboxylic acids is 2. The molecule has 0 saturated carbocycles. The Morgan fingerprint density at radius 2 is 1.71 bits per heavy atom. The van der Waals surface area contributed by atoms with E-state index in [1.807, 2.05) is 65.5 Å². The van der Waals surface area contributed by atoms with Crippen LogP contribution in [-0.4, -0.2) is 43.7 Å². The van der Waals surface area contributed by atoms with Crippen LogP contribution in [0.5, 0.6) is 11.5 Å². The number of benzene rings is 2. The second-order valence-corrected chi connectivity index (χ2v) is 7.43. The van der Waals surface area contributed by atoms with Crippen molar-refractivity contribution in [1.29, 1.82) is 0 Å². The van der Waals surface area contributed by atoms with E-state index in [-0.39, 0.29) is 0 Å². The van der Waals surface area contributed by atoms with Crippen LogP contribution in [0.25, 0.3) is 16.9 Å². The maximum Gasteiger partial charge on any atom is 0.414 e. The van der Waals surface area contributed by atoms with Crippen LogP contribution in [-0.2, 0) is 22.7 Å². The van der Waals surface area contributed by atoms with Crippen molar-refractivity contribution in [3.63, 3.8) is 0 Å². The van der Waals surface area contributed by atoms with Gasteiger partial charge in [0.05, 0.1) is 11.4 Å². The summed E-state index contributed by atoms with van der Waals surface area (Å²) in [6.07, 6.45) is 5.69. The van der Waals surface area contributed by atoms with Crippen molar-refractivity contribution in [3.05, 3.63) is 90.4 Å². The minimum Gasteiger partial charge on any atom is -0.473 e. The largest absolute Gasteiger partial charge is 0.473 e. The van der Waals surface area contributed by atoms with Crippen molar-refractivity contribution in [3.8, 4) is 28.4 Å². The van der Waals surface area contributed by atoms with Crippen LogP contribution in [0.2, 0.25) is 0 Å². The second-order valence-electron chi connectivity index (χ2n) is 7.43. The van der Waals surface area contributed by atoms with Gasteiger partial charge in [0.1, 0.15) is 0 Å². The second kappa shape index (κ2) is 10.9. The molecule has 10 heteroatoms. The zero-order valence-corrected chi connectivity index (χ0v) is 18.5. The molecule has 4 aromatic rings. The van der Waals surface area contributed by atoms with Crippen LogP contribution < -0.4 is 14.8 Å². The molecule has 2 aromatic heterocycles. The number of pyridine rings is 1. The summed E-state index contributed by atoms with van der Waals surface area (Å²) in [5, 5.41) is 23.1. The fourth-order valence-electron chi connectivity index (χ4n) is 3.39. The van der Waals surface area contributed by atoms with Gasteiger partial charge in [0.2, 0.25) is 6.79 Å². The molecule has 0 atom stereocenters. The molecule has 0 radical (unpaired) electrons. The van der Waals surface area contributed by atoms with Gasteiger partial charge in [-0.1, -0.05) is 24.3 Å². The standard InChI is InChI=1S/C23H20N4O2.C2H2O4/c1-2-6-20(7-3-1)27-15-19(23(26-27)18-5-4-10-24-13-18)14-25-12-17-8-9-21-22(11-17)29-16-28-21;3-1(4)2(5)6/h1-11,13,15,25H,12,14,16H2;(H,3,4)(H,5,6). The third-order valence-corrected chi connectivity index (χ3v) is 5.01. The zero-order valence-electron chi connectivity index (χ0n) is 18.5. The van der Waals surface area contributed by atoms with Crippen molar-refractivity contribution >= 4 is 11.9 Å². The van der Waals surface area contributed by atoms with Gasteiger partial charge in [0.25, 0.3) is 0 Å². The van der Waals surface area contributed by atoms with E-state index in [0.717, 1.165) is 46.1 Å². The topological polar surface area (TPSA) is 136 Å². The van der Waals surface area contributed by atoms with E-state index in [2.05, 4.69) is 22.6 Å². The molecule has 178 valence electrons. The molecule has 2 aromatic carbocycles. The molecule has 0 unspecified atom stereocenters. The maximum atomic E-state index is 9.10. The molecule has 0 fully saturated rings. The van der Waals surface area contributed by atoms with Gasteiger partial charge in [0.15, 0.2) is 11.5 Å². The number of aromatic nitrogens is 3. The van der Waals surface area contributed by atoms with Gasteiger partial charge in [-0.05, 0) is 42.0 Å². The minimum absolute atomic E-state index is 0.291. The minimum atomic E-state index is -1.82. The molecule has 0 amide bonds. The van der Waals surface area contributed by atoms with E-state index in [4.69, 9.17) is 34.4 Å². The van der Waals surface area contributed by atoms with Gasteiger partial charge in [-0.3, -0.25) is 4.98 Å². The summed E-state index contributed by atoms with van der Waals surface area (Å²) >= 11 is 0. The lowest BCUT2D eigenvalue weighted by Crippen LogP contribution is -2.12. The smallest absolute Gasteiger partial charge is 0.414 e. The molecule has 0 spiro atoms. The van der Waals surface area contributed by atoms with Gasteiger partial charge in [-0.25, -0.2) is 14.3 Å². The number of ether oxygens (including phenoxy) is 2. The number of carboxylic acid groups (broad SMARTS) is 2. The predicted octanol–water partition coefficient (Wildman–Crippen LogP) is 3.11. The first-order chi connectivity index (χ1) is 17.0. The lowest BCUT2D eigenvalue weighted by atomic mass is 10.1. The Balaban J connectivity index is 0.000000431. The number of carbonyl (C=O) groups is 2. The van der Waals surface area contributed by atoms with Crippen molar-refractivity contribution in [2.75, 3.05) is 6.79 Å². The van der Waals surface area contributed by atoms with E-state index < -0.39 is 11.9 Å². The molecule has 0 bridgehead atoms. The van der Waals surface area contributed by atoms with Crippen molar-refractivity contribution < 1.29 is 29.3 Å². The van der Waals surface area contributed by atoms with E-state index in [9.17, 15) is 0 Å². The van der Waals surface area contributed by atoms with E-state index in [0.29, 0.717) is 13.3 Å². The Morgan fingerprint density at radius 1 is 0.943 bits per heavy atom. The first kappa shape index (κ1) is 23.5. The van der Waals surface area contributed by atoms with Crippen molar-refractivity contribution in [2.24, 2.45) is 0 Å². The summed E-state index contributed by atoms with van der Waals surface area (Å²) in [5.41, 5.74) is 5.22. The predicted molar refractivity (Wildman–Crippen MR) is 125 cm³/mol. The van der Waals surface area contributed by atoms with Gasteiger partial charge in [0, 0.05) is 42.8 Å². The molecule has 1 aliphatic rings. The third-order valence-electron chi connectivity index (χ3n) is 5.01. The first-order valence-electron chi connectivity index (χ1n) is 10.6. The van der Waals surface area contributed by atoms with Crippen LogP contribution in [0.15, 0.2) is 79.3 Å². The highest BCUT2D eigenvalue weighted by Gasteiger charge is 2.14. The lowest BCUT2D eigenvalue weighted by molar-refractivity contribution is -0.159. The van der Waals surface area contributed by atoms with Crippen molar-refractivity contribution in [2.45, 2.75) is 13.1 Å². The Bertz CT molecular complexity index is 1300. The molecule has 10 nitrogen and oxygen atoms in total. The number of hydrogen-bond acceptors (Lipinski definition) is 7. The highest BCUT2D eigenvalue weighted by molar-refractivity contribution is 6.27. The third kappa shape index (κ3) is 6.01. The molecule has 5 rings (SSSR count). The van der Waals surface area contributed by atoms with Gasteiger partial charge in [-0.15, -0.1) is 0 Å². The van der Waals surface area contributed by atoms with Crippen LogP contribution in [0.1, 0.15) is 11.1 Å². The Labute approximate surface area is 200 Å². The quantitative estimate of drug-likeness (QED) is 0.360. The fourth-order valence-corrected chi connectivity index (χ4v) is 3.39. The summed E-state index contributed by atoms with van der Waals surface area (Å²) < 4.78 is 12.8. The monoisotopic (exact) mass is 474 g/mol. The van der Waals surface area contributed by atoms with Gasteiger partial charge < -0.3 is 25.0 Å². The average molecular weight is 474 g/mol. The van der Waals surface area contributed by atoms with Crippen LogP contribution >= 0.6 is 0 Å². The fraction of sp³-hybridized carbons (Fsp3) is 0.120. The number of nitrogens with zero attached hydrogens (tertiary/aromatic N) is 3. The number of hydrogen-bond donors (Lipinski definition) is 3. The maximum absolute atomic E-state index is 9.10. The first-order valence-corrected chi connectivity index (χ1v) is 10.6. The Morgan fingerprint density at radius 3 is 2.43 bits per heavy atom. The number of fused-ring (bicyclic) bond motifs is 1. The number of nitrogens with one attached hydrogen (secondary N) is 1. The SMILES string of the molecule is O=C(O)C(=O)O.c1ccc(-n2cc(CNCc3ccc4c(c3)OCO4)c(-c3cccnc3)n2)cc1. The Kier molecular flexibility index (Phi) is 7.34. The van der Waals surface area contributed by atoms with Crippen molar-refractivity contribution in [1.82, 2.24) is 20.1 Å². The molecule has 3 heterocycles. The summed E-state index contributed by atoms with van der Waals surface area (Å²) in [5.74, 6) is -2.04. The number of carboxylic acids is 2. The zero-order chi connectivity index (χ0) is 24.6. The molecular weight excluding hydrogens is 452 g/mol. The van der Waals surface area contributed by atoms with Crippen LogP contribution in [0, 0.1) is 0 Å². The van der Waals surface area contributed by atoms with Crippen LogP contribution in [0.3, 0.4) is 0 Å². The lowest BCUT2D eigenvalue weighted by Gasteiger charge is -2.06. The number of rotatable bonds is 6. The van der Waals surface area contributed by atoms with E-state index in [1.54, 1.807) is 6.20 Å². The van der Waals surface area contributed by atoms with Crippen LogP contribution in [0.4, 0.5) is 0 Å².